The standard InChI is InChI=1S/C19H25N3O2/c1-12-5-6-15(10-13(12)2)17(23)11-22-9-3-4-16(22)18-20-19(24-21-18)14-7-8-14/h5-6,10,14,16-17,23H,3-4,7-9,11H2,1-2H3/t16-,17+/m0/s1. The zero-order valence-electron chi connectivity index (χ0n) is 14.4. The Hall–Kier alpha value is -1.72. The van der Waals surface area contributed by atoms with Crippen molar-refractivity contribution in [2.75, 3.05) is 13.1 Å². The van der Waals surface area contributed by atoms with E-state index in [-0.39, 0.29) is 6.04 Å². The van der Waals surface area contributed by atoms with Gasteiger partial charge in [0, 0.05) is 12.5 Å². The Kier molecular flexibility index (Phi) is 4.14. The van der Waals surface area contributed by atoms with Crippen molar-refractivity contribution in [3.63, 3.8) is 0 Å². The van der Waals surface area contributed by atoms with Gasteiger partial charge in [0.05, 0.1) is 12.1 Å². The van der Waals surface area contributed by atoms with Gasteiger partial charge in [-0.3, -0.25) is 4.90 Å². The van der Waals surface area contributed by atoms with Gasteiger partial charge < -0.3 is 9.63 Å². The van der Waals surface area contributed by atoms with Crippen LogP contribution in [0.5, 0.6) is 0 Å². The minimum absolute atomic E-state index is 0.169. The summed E-state index contributed by atoms with van der Waals surface area (Å²) in [5.41, 5.74) is 3.46. The molecule has 0 amide bonds. The van der Waals surface area contributed by atoms with E-state index in [2.05, 4.69) is 41.0 Å². The highest BCUT2D eigenvalue weighted by Crippen LogP contribution is 2.40. The van der Waals surface area contributed by atoms with Crippen LogP contribution in [-0.4, -0.2) is 33.2 Å². The van der Waals surface area contributed by atoms with Crippen LogP contribution in [0.25, 0.3) is 0 Å². The van der Waals surface area contributed by atoms with Gasteiger partial charge in [-0.2, -0.15) is 4.98 Å². The third kappa shape index (κ3) is 3.10. The van der Waals surface area contributed by atoms with Crippen molar-refractivity contribution in [1.29, 1.82) is 0 Å². The lowest BCUT2D eigenvalue weighted by Gasteiger charge is -2.25. The van der Waals surface area contributed by atoms with Gasteiger partial charge in [-0.25, -0.2) is 0 Å². The lowest BCUT2D eigenvalue weighted by molar-refractivity contribution is 0.103. The third-order valence-corrected chi connectivity index (χ3v) is 5.37. The predicted octanol–water partition coefficient (Wildman–Crippen LogP) is 3.43. The van der Waals surface area contributed by atoms with Gasteiger partial charge in [-0.05, 0) is 62.8 Å². The Morgan fingerprint density at radius 1 is 1.25 bits per heavy atom. The number of aryl methyl sites for hydroxylation is 2. The molecule has 128 valence electrons. The number of rotatable bonds is 5. The van der Waals surface area contributed by atoms with E-state index in [4.69, 9.17) is 4.52 Å². The van der Waals surface area contributed by atoms with Crippen LogP contribution in [0.4, 0.5) is 0 Å². The van der Waals surface area contributed by atoms with Crippen molar-refractivity contribution in [2.45, 2.75) is 57.6 Å². The van der Waals surface area contributed by atoms with E-state index in [1.54, 1.807) is 0 Å². The third-order valence-electron chi connectivity index (χ3n) is 5.37. The predicted molar refractivity (Wildman–Crippen MR) is 90.7 cm³/mol. The normalized spacial score (nSPS) is 22.9. The van der Waals surface area contributed by atoms with Crippen LogP contribution in [0.15, 0.2) is 22.7 Å². The van der Waals surface area contributed by atoms with Crippen molar-refractivity contribution in [3.8, 4) is 0 Å². The monoisotopic (exact) mass is 327 g/mol. The molecule has 5 heteroatoms. The summed E-state index contributed by atoms with van der Waals surface area (Å²) in [7, 11) is 0. The zero-order valence-corrected chi connectivity index (χ0v) is 14.4. The summed E-state index contributed by atoms with van der Waals surface area (Å²) >= 11 is 0. The van der Waals surface area contributed by atoms with Gasteiger partial charge in [0.25, 0.3) is 0 Å². The van der Waals surface area contributed by atoms with Gasteiger partial charge in [0.2, 0.25) is 5.89 Å². The molecule has 0 spiro atoms. The molecule has 2 atom stereocenters. The largest absolute Gasteiger partial charge is 0.387 e. The molecule has 2 aromatic rings. The highest BCUT2D eigenvalue weighted by Gasteiger charge is 2.34. The van der Waals surface area contributed by atoms with Crippen molar-refractivity contribution in [3.05, 3.63) is 46.6 Å². The number of nitrogens with zero attached hydrogens (tertiary/aromatic N) is 3. The molecule has 24 heavy (non-hydrogen) atoms. The average Bonchev–Trinajstić information content (AvgIpc) is 3.12. The lowest BCUT2D eigenvalue weighted by Crippen LogP contribution is -2.29. The topological polar surface area (TPSA) is 62.4 Å². The summed E-state index contributed by atoms with van der Waals surface area (Å²) < 4.78 is 5.42. The Labute approximate surface area is 142 Å². The van der Waals surface area contributed by atoms with Crippen LogP contribution >= 0.6 is 0 Å². The van der Waals surface area contributed by atoms with E-state index < -0.39 is 6.10 Å². The molecule has 5 nitrogen and oxygen atoms in total. The molecule has 1 aliphatic heterocycles. The van der Waals surface area contributed by atoms with E-state index in [1.807, 2.05) is 6.07 Å². The van der Waals surface area contributed by atoms with E-state index in [9.17, 15) is 5.11 Å². The molecule has 1 saturated carbocycles. The minimum Gasteiger partial charge on any atom is -0.387 e. The fraction of sp³-hybridized carbons (Fsp3) is 0.579. The average molecular weight is 327 g/mol. The summed E-state index contributed by atoms with van der Waals surface area (Å²) in [6, 6.07) is 6.36. The number of benzene rings is 1. The number of hydrogen-bond donors (Lipinski definition) is 1. The first-order valence-electron chi connectivity index (χ1n) is 8.94. The Bertz CT molecular complexity index is 723. The molecule has 2 aliphatic rings. The Morgan fingerprint density at radius 3 is 2.83 bits per heavy atom. The first-order valence-corrected chi connectivity index (χ1v) is 8.94. The summed E-state index contributed by atoms with van der Waals surface area (Å²) in [5.74, 6) is 2.08. The number of β-amino-alcohol motifs (C(OH)–C–C–N with tert-alkyl or cyclic N) is 1. The molecule has 1 saturated heterocycles. The van der Waals surface area contributed by atoms with Crippen LogP contribution in [-0.2, 0) is 0 Å². The minimum atomic E-state index is -0.486. The van der Waals surface area contributed by atoms with Crippen LogP contribution < -0.4 is 0 Å². The maximum Gasteiger partial charge on any atom is 0.229 e. The molecule has 0 bridgehead atoms. The number of hydrogen-bond acceptors (Lipinski definition) is 5. The molecule has 4 rings (SSSR count). The number of aliphatic hydroxyl groups is 1. The Balaban J connectivity index is 1.46. The SMILES string of the molecule is Cc1ccc([C@H](O)CN2CCC[C@H]2c2noc(C3CC3)n2)cc1C. The zero-order chi connectivity index (χ0) is 16.7. The molecule has 0 unspecified atom stereocenters. The van der Waals surface area contributed by atoms with Crippen molar-refractivity contribution < 1.29 is 9.63 Å². The quantitative estimate of drug-likeness (QED) is 0.911. The smallest absolute Gasteiger partial charge is 0.229 e. The summed E-state index contributed by atoms with van der Waals surface area (Å²) in [4.78, 5) is 6.90. The molecule has 0 radical (unpaired) electrons. The van der Waals surface area contributed by atoms with Gasteiger partial charge in [-0.15, -0.1) is 0 Å². The first-order chi connectivity index (χ1) is 11.6. The van der Waals surface area contributed by atoms with Gasteiger partial charge in [-0.1, -0.05) is 23.4 Å². The number of aromatic nitrogens is 2. The van der Waals surface area contributed by atoms with E-state index in [0.29, 0.717) is 12.5 Å². The fourth-order valence-corrected chi connectivity index (χ4v) is 3.52. The molecular formula is C19H25N3O2. The van der Waals surface area contributed by atoms with Crippen molar-refractivity contribution >= 4 is 0 Å². The van der Waals surface area contributed by atoms with Crippen molar-refractivity contribution in [1.82, 2.24) is 15.0 Å². The molecule has 1 aromatic carbocycles. The maximum atomic E-state index is 10.7. The van der Waals surface area contributed by atoms with Gasteiger partial charge >= 0.3 is 0 Å². The summed E-state index contributed by atoms with van der Waals surface area (Å²) in [6.45, 7) is 5.76. The first kappa shape index (κ1) is 15.8. The second kappa shape index (κ2) is 6.30. The molecule has 1 N–H and O–H groups in total. The van der Waals surface area contributed by atoms with E-state index in [0.717, 1.165) is 36.7 Å². The van der Waals surface area contributed by atoms with Crippen LogP contribution in [0.1, 0.15) is 72.2 Å². The molecular weight excluding hydrogens is 302 g/mol. The maximum absolute atomic E-state index is 10.7. The van der Waals surface area contributed by atoms with Crippen LogP contribution in [0.2, 0.25) is 0 Å². The molecule has 1 aliphatic carbocycles. The van der Waals surface area contributed by atoms with Crippen LogP contribution in [0, 0.1) is 13.8 Å². The Morgan fingerprint density at radius 2 is 2.08 bits per heavy atom. The van der Waals surface area contributed by atoms with Crippen LogP contribution in [0.3, 0.4) is 0 Å². The fourth-order valence-electron chi connectivity index (χ4n) is 3.52. The molecule has 1 aromatic heterocycles. The van der Waals surface area contributed by atoms with E-state index >= 15 is 0 Å². The van der Waals surface area contributed by atoms with Gasteiger partial charge in [0.1, 0.15) is 0 Å². The number of likely N-dealkylation sites (tertiary alicyclic amines) is 1. The highest BCUT2D eigenvalue weighted by atomic mass is 16.5. The highest BCUT2D eigenvalue weighted by molar-refractivity contribution is 5.31. The molecule has 2 fully saturated rings. The second-order valence-corrected chi connectivity index (χ2v) is 7.28. The van der Waals surface area contributed by atoms with Crippen molar-refractivity contribution in [2.24, 2.45) is 0 Å². The summed E-state index contributed by atoms with van der Waals surface area (Å²) in [5, 5.41) is 14.9. The summed E-state index contributed by atoms with van der Waals surface area (Å²) in [6.07, 6.45) is 3.99. The lowest BCUT2D eigenvalue weighted by atomic mass is 10.0. The van der Waals surface area contributed by atoms with Gasteiger partial charge in [0.15, 0.2) is 5.82 Å². The number of aliphatic hydroxyl groups excluding tert-OH is 1. The molecule has 2 heterocycles. The second-order valence-electron chi connectivity index (χ2n) is 7.28. The van der Waals surface area contributed by atoms with E-state index in [1.165, 1.54) is 24.0 Å².